The molecule has 0 aliphatic heterocycles. The van der Waals surface area contributed by atoms with Crippen LogP contribution in [0.2, 0.25) is 0 Å². The molecule has 0 saturated carbocycles. The zero-order valence-electron chi connectivity index (χ0n) is 5.96. The molecular weight excluding hydrogens is 208 g/mol. The van der Waals surface area contributed by atoms with Gasteiger partial charge < -0.3 is 5.11 Å². The van der Waals surface area contributed by atoms with E-state index in [2.05, 4.69) is 15.9 Å². The van der Waals surface area contributed by atoms with E-state index in [0.717, 1.165) is 0 Å². The van der Waals surface area contributed by atoms with Crippen molar-refractivity contribution in [2.45, 2.75) is 12.0 Å². The van der Waals surface area contributed by atoms with Crippen LogP contribution in [-0.2, 0) is 4.79 Å². The zero-order chi connectivity index (χ0) is 8.32. The van der Waals surface area contributed by atoms with Gasteiger partial charge in [-0.15, -0.1) is 0 Å². The number of ketones is 1. The van der Waals surface area contributed by atoms with Crippen molar-refractivity contribution in [2.24, 2.45) is 0 Å². The molecule has 0 aromatic heterocycles. The van der Waals surface area contributed by atoms with E-state index in [9.17, 15) is 9.90 Å². The average molecular weight is 217 g/mol. The number of aliphatic hydroxyl groups is 1. The minimum Gasteiger partial charge on any atom is -0.378 e. The van der Waals surface area contributed by atoms with Crippen molar-refractivity contribution in [3.05, 3.63) is 24.3 Å². The fourth-order valence-corrected chi connectivity index (χ4v) is 1.42. The number of allylic oxidation sites excluding steroid dienone is 2. The van der Waals surface area contributed by atoms with Gasteiger partial charge in [-0.1, -0.05) is 34.2 Å². The van der Waals surface area contributed by atoms with Crippen LogP contribution in [0.3, 0.4) is 0 Å². The molecule has 0 unspecified atom stereocenters. The summed E-state index contributed by atoms with van der Waals surface area (Å²) in [6, 6.07) is 0. The lowest BCUT2D eigenvalue weighted by molar-refractivity contribution is -0.129. The Morgan fingerprint density at radius 1 is 1.64 bits per heavy atom. The Bertz CT molecular complexity index is 220. The molecule has 1 rings (SSSR count). The standard InChI is InChI=1S/C8H9BrO2/c9-6-7(10)8(11)4-2-1-3-5-8/h1-4,11H,5-6H2/t8-/m0/s1. The van der Waals surface area contributed by atoms with Gasteiger partial charge in [0.25, 0.3) is 0 Å². The second-order valence-electron chi connectivity index (χ2n) is 2.47. The lowest BCUT2D eigenvalue weighted by Crippen LogP contribution is -2.37. The molecule has 1 N–H and O–H groups in total. The maximum atomic E-state index is 11.1. The highest BCUT2D eigenvalue weighted by molar-refractivity contribution is 9.09. The van der Waals surface area contributed by atoms with E-state index in [4.69, 9.17) is 0 Å². The van der Waals surface area contributed by atoms with Gasteiger partial charge in [0.05, 0.1) is 5.33 Å². The Balaban J connectivity index is 2.75. The van der Waals surface area contributed by atoms with Crippen molar-refractivity contribution in [2.75, 3.05) is 5.33 Å². The Morgan fingerprint density at radius 2 is 2.36 bits per heavy atom. The number of Topliss-reactive ketones (excluding diaryl/α,β-unsaturated/α-hetero) is 1. The van der Waals surface area contributed by atoms with Crippen molar-refractivity contribution >= 4 is 21.7 Å². The SMILES string of the molecule is O=C(CBr)[C@]1(O)C=CC=CC1. The zero-order valence-corrected chi connectivity index (χ0v) is 7.54. The first kappa shape index (κ1) is 8.68. The van der Waals surface area contributed by atoms with E-state index in [1.165, 1.54) is 6.08 Å². The van der Waals surface area contributed by atoms with Crippen LogP contribution in [0.4, 0.5) is 0 Å². The number of hydrogen-bond acceptors (Lipinski definition) is 2. The molecule has 60 valence electrons. The van der Waals surface area contributed by atoms with Crippen molar-refractivity contribution in [3.8, 4) is 0 Å². The van der Waals surface area contributed by atoms with Crippen LogP contribution < -0.4 is 0 Å². The summed E-state index contributed by atoms with van der Waals surface area (Å²) >= 11 is 3.02. The van der Waals surface area contributed by atoms with Crippen molar-refractivity contribution in [1.29, 1.82) is 0 Å². The second kappa shape index (κ2) is 3.32. The fraction of sp³-hybridized carbons (Fsp3) is 0.375. The highest BCUT2D eigenvalue weighted by Crippen LogP contribution is 2.19. The minimum atomic E-state index is -1.27. The van der Waals surface area contributed by atoms with Crippen LogP contribution in [0, 0.1) is 0 Å². The summed E-state index contributed by atoms with van der Waals surface area (Å²) < 4.78 is 0. The monoisotopic (exact) mass is 216 g/mol. The van der Waals surface area contributed by atoms with E-state index in [1.807, 2.05) is 6.08 Å². The maximum Gasteiger partial charge on any atom is 0.179 e. The summed E-state index contributed by atoms with van der Waals surface area (Å²) in [5, 5.41) is 9.82. The highest BCUT2D eigenvalue weighted by atomic mass is 79.9. The van der Waals surface area contributed by atoms with Crippen LogP contribution in [0.25, 0.3) is 0 Å². The molecule has 0 bridgehead atoms. The van der Waals surface area contributed by atoms with E-state index in [1.54, 1.807) is 12.2 Å². The van der Waals surface area contributed by atoms with Crippen molar-refractivity contribution in [3.63, 3.8) is 0 Å². The van der Waals surface area contributed by atoms with Gasteiger partial charge in [-0.3, -0.25) is 4.79 Å². The number of carbonyl (C=O) groups is 1. The molecule has 0 radical (unpaired) electrons. The molecule has 0 saturated heterocycles. The fourth-order valence-electron chi connectivity index (χ4n) is 0.932. The lowest BCUT2D eigenvalue weighted by Gasteiger charge is -2.21. The van der Waals surface area contributed by atoms with Crippen LogP contribution in [-0.4, -0.2) is 21.8 Å². The van der Waals surface area contributed by atoms with Gasteiger partial charge in [-0.2, -0.15) is 0 Å². The van der Waals surface area contributed by atoms with Crippen LogP contribution in [0.1, 0.15) is 6.42 Å². The Hall–Kier alpha value is -0.410. The molecule has 0 heterocycles. The molecule has 0 aromatic rings. The smallest absolute Gasteiger partial charge is 0.179 e. The molecule has 11 heavy (non-hydrogen) atoms. The predicted octanol–water partition coefficient (Wildman–Crippen LogP) is 1.20. The first-order valence-corrected chi connectivity index (χ1v) is 4.47. The third kappa shape index (κ3) is 1.79. The number of rotatable bonds is 2. The summed E-state index contributed by atoms with van der Waals surface area (Å²) in [4.78, 5) is 11.1. The summed E-state index contributed by atoms with van der Waals surface area (Å²) in [7, 11) is 0. The van der Waals surface area contributed by atoms with E-state index in [0.29, 0.717) is 6.42 Å². The third-order valence-corrected chi connectivity index (χ3v) is 2.16. The highest BCUT2D eigenvalue weighted by Gasteiger charge is 2.31. The number of halogens is 1. The van der Waals surface area contributed by atoms with Gasteiger partial charge in [0, 0.05) is 6.42 Å². The van der Waals surface area contributed by atoms with Gasteiger partial charge in [-0.25, -0.2) is 0 Å². The number of alkyl halides is 1. The topological polar surface area (TPSA) is 37.3 Å². The Morgan fingerprint density at radius 3 is 2.82 bits per heavy atom. The number of carbonyl (C=O) groups excluding carboxylic acids is 1. The first-order valence-electron chi connectivity index (χ1n) is 3.35. The molecule has 2 nitrogen and oxygen atoms in total. The van der Waals surface area contributed by atoms with Crippen LogP contribution in [0.5, 0.6) is 0 Å². The van der Waals surface area contributed by atoms with Gasteiger partial charge in [-0.05, 0) is 6.08 Å². The molecule has 1 atom stereocenters. The summed E-state index contributed by atoms with van der Waals surface area (Å²) in [6.07, 6.45) is 7.19. The van der Waals surface area contributed by atoms with E-state index >= 15 is 0 Å². The summed E-state index contributed by atoms with van der Waals surface area (Å²) in [5.41, 5.74) is -1.27. The molecule has 0 spiro atoms. The van der Waals surface area contributed by atoms with E-state index in [-0.39, 0.29) is 11.1 Å². The number of hydrogen-bond donors (Lipinski definition) is 1. The average Bonchev–Trinajstić information content (AvgIpc) is 2.04. The summed E-state index contributed by atoms with van der Waals surface area (Å²) in [6.45, 7) is 0. The largest absolute Gasteiger partial charge is 0.378 e. The normalized spacial score (nSPS) is 28.9. The molecule has 1 aliphatic carbocycles. The van der Waals surface area contributed by atoms with Gasteiger partial charge in [0.1, 0.15) is 5.60 Å². The molecule has 0 amide bonds. The molecule has 1 aliphatic rings. The molecule has 3 heteroatoms. The predicted molar refractivity (Wildman–Crippen MR) is 46.6 cm³/mol. The van der Waals surface area contributed by atoms with Crippen LogP contribution in [0.15, 0.2) is 24.3 Å². The lowest BCUT2D eigenvalue weighted by atomic mass is 9.92. The van der Waals surface area contributed by atoms with Crippen molar-refractivity contribution < 1.29 is 9.90 Å². The Labute approximate surface area is 73.7 Å². The van der Waals surface area contributed by atoms with Crippen LogP contribution >= 0.6 is 15.9 Å². The van der Waals surface area contributed by atoms with Crippen molar-refractivity contribution in [1.82, 2.24) is 0 Å². The van der Waals surface area contributed by atoms with Gasteiger partial charge >= 0.3 is 0 Å². The van der Waals surface area contributed by atoms with Gasteiger partial charge in [0.2, 0.25) is 0 Å². The third-order valence-electron chi connectivity index (χ3n) is 1.65. The molecule has 0 fully saturated rings. The molecule has 0 aromatic carbocycles. The minimum absolute atomic E-state index is 0.196. The second-order valence-corrected chi connectivity index (χ2v) is 3.03. The van der Waals surface area contributed by atoms with E-state index < -0.39 is 5.60 Å². The maximum absolute atomic E-state index is 11.1. The molecular formula is C8H9BrO2. The first-order chi connectivity index (χ1) is 5.19. The summed E-state index contributed by atoms with van der Waals surface area (Å²) in [5.74, 6) is -0.196. The Kier molecular flexibility index (Phi) is 2.62. The quantitative estimate of drug-likeness (QED) is 0.705. The van der Waals surface area contributed by atoms with Gasteiger partial charge in [0.15, 0.2) is 5.78 Å².